The maximum absolute atomic E-state index is 11.7. The molecular formula is C14H18N2O5. The van der Waals surface area contributed by atoms with Crippen LogP contribution in [0.25, 0.3) is 0 Å². The van der Waals surface area contributed by atoms with Crippen LogP contribution in [0.3, 0.4) is 0 Å². The van der Waals surface area contributed by atoms with Gasteiger partial charge in [0.15, 0.2) is 0 Å². The van der Waals surface area contributed by atoms with E-state index in [-0.39, 0.29) is 17.4 Å². The highest BCUT2D eigenvalue weighted by Gasteiger charge is 2.24. The number of ether oxygens (including phenoxy) is 2. The Morgan fingerprint density at radius 1 is 1.48 bits per heavy atom. The Labute approximate surface area is 122 Å². The van der Waals surface area contributed by atoms with E-state index in [1.54, 1.807) is 13.2 Å². The zero-order valence-corrected chi connectivity index (χ0v) is 12.1. The lowest BCUT2D eigenvalue weighted by Crippen LogP contribution is -2.22. The Bertz CT molecular complexity index is 546. The number of likely N-dealkylation sites (tertiary alicyclic amines) is 1. The average molecular weight is 294 g/mol. The van der Waals surface area contributed by atoms with Crippen LogP contribution in [0.15, 0.2) is 18.2 Å². The summed E-state index contributed by atoms with van der Waals surface area (Å²) in [4.78, 5) is 24.2. The summed E-state index contributed by atoms with van der Waals surface area (Å²) < 4.78 is 9.91. The van der Waals surface area contributed by atoms with E-state index >= 15 is 0 Å². The first-order valence-corrected chi connectivity index (χ1v) is 6.66. The molecule has 114 valence electrons. The van der Waals surface area contributed by atoms with Crippen LogP contribution >= 0.6 is 0 Å². The van der Waals surface area contributed by atoms with Crippen molar-refractivity contribution in [2.24, 2.45) is 0 Å². The zero-order valence-electron chi connectivity index (χ0n) is 12.1. The van der Waals surface area contributed by atoms with Crippen LogP contribution < -0.4 is 0 Å². The van der Waals surface area contributed by atoms with Gasteiger partial charge in [0.2, 0.25) is 0 Å². The molecule has 1 fully saturated rings. The van der Waals surface area contributed by atoms with Crippen molar-refractivity contribution in [3.8, 4) is 0 Å². The van der Waals surface area contributed by atoms with Gasteiger partial charge in [-0.15, -0.1) is 0 Å². The van der Waals surface area contributed by atoms with Gasteiger partial charge in [0.25, 0.3) is 5.69 Å². The third-order valence-corrected chi connectivity index (χ3v) is 3.63. The molecule has 0 bridgehead atoms. The number of hydrogen-bond acceptors (Lipinski definition) is 6. The fourth-order valence-corrected chi connectivity index (χ4v) is 2.51. The Balaban J connectivity index is 2.18. The summed E-state index contributed by atoms with van der Waals surface area (Å²) in [7, 11) is 2.90. The van der Waals surface area contributed by atoms with Crippen molar-refractivity contribution in [2.75, 3.05) is 27.3 Å². The molecule has 1 aliphatic rings. The zero-order chi connectivity index (χ0) is 15.4. The van der Waals surface area contributed by atoms with Crippen molar-refractivity contribution in [1.29, 1.82) is 0 Å². The number of hydrogen-bond donors (Lipinski definition) is 0. The third kappa shape index (κ3) is 3.56. The van der Waals surface area contributed by atoms with Gasteiger partial charge < -0.3 is 9.47 Å². The molecule has 0 spiro atoms. The molecule has 0 unspecified atom stereocenters. The first kappa shape index (κ1) is 15.4. The van der Waals surface area contributed by atoms with Crippen LogP contribution in [-0.4, -0.2) is 49.2 Å². The van der Waals surface area contributed by atoms with E-state index in [1.807, 2.05) is 0 Å². The summed E-state index contributed by atoms with van der Waals surface area (Å²) in [5.74, 6) is -0.695. The quantitative estimate of drug-likeness (QED) is 0.466. The Kier molecular flexibility index (Phi) is 4.87. The molecule has 0 aromatic heterocycles. The molecule has 1 aromatic carbocycles. The number of carbonyl (C=O) groups is 1. The molecule has 0 amide bonds. The summed E-state index contributed by atoms with van der Waals surface area (Å²) in [6.07, 6.45) is 1.19. The van der Waals surface area contributed by atoms with Crippen molar-refractivity contribution in [2.45, 2.75) is 19.1 Å². The van der Waals surface area contributed by atoms with E-state index < -0.39 is 10.9 Å². The summed E-state index contributed by atoms with van der Waals surface area (Å²) >= 11 is 0. The Morgan fingerprint density at radius 2 is 2.24 bits per heavy atom. The SMILES string of the molecule is COC(=O)c1cc(CN2CC[C@H](OC)C2)ccc1[N+](=O)[O-]. The van der Waals surface area contributed by atoms with Gasteiger partial charge in [-0.25, -0.2) is 4.79 Å². The maximum atomic E-state index is 11.7. The van der Waals surface area contributed by atoms with Gasteiger partial charge in [-0.1, -0.05) is 6.07 Å². The van der Waals surface area contributed by atoms with E-state index in [2.05, 4.69) is 9.64 Å². The highest BCUT2D eigenvalue weighted by atomic mass is 16.6. The molecule has 0 aliphatic carbocycles. The molecule has 0 N–H and O–H groups in total. The van der Waals surface area contributed by atoms with Crippen molar-refractivity contribution < 1.29 is 19.2 Å². The lowest BCUT2D eigenvalue weighted by Gasteiger charge is -2.16. The standard InChI is InChI=1S/C14H18N2O5/c1-20-11-5-6-15(9-11)8-10-3-4-13(16(18)19)12(7-10)14(17)21-2/h3-4,7,11H,5-6,8-9H2,1-2H3/t11-/m0/s1. The third-order valence-electron chi connectivity index (χ3n) is 3.63. The molecule has 7 nitrogen and oxygen atoms in total. The number of methoxy groups -OCH3 is 2. The van der Waals surface area contributed by atoms with Gasteiger partial charge in [0.1, 0.15) is 5.56 Å². The lowest BCUT2D eigenvalue weighted by molar-refractivity contribution is -0.385. The molecule has 21 heavy (non-hydrogen) atoms. The highest BCUT2D eigenvalue weighted by molar-refractivity contribution is 5.94. The maximum Gasteiger partial charge on any atom is 0.344 e. The van der Waals surface area contributed by atoms with Crippen molar-refractivity contribution in [3.63, 3.8) is 0 Å². The minimum absolute atomic E-state index is 0.0116. The number of carbonyl (C=O) groups excluding carboxylic acids is 1. The molecule has 1 aromatic rings. The fraction of sp³-hybridized carbons (Fsp3) is 0.500. The molecule has 0 saturated carbocycles. The van der Waals surface area contributed by atoms with Gasteiger partial charge in [0, 0.05) is 32.8 Å². The van der Waals surface area contributed by atoms with Gasteiger partial charge in [-0.05, 0) is 18.1 Å². The van der Waals surface area contributed by atoms with Crippen LogP contribution in [0.1, 0.15) is 22.3 Å². The molecular weight excluding hydrogens is 276 g/mol. The molecule has 0 radical (unpaired) electrons. The average Bonchev–Trinajstić information content (AvgIpc) is 2.93. The van der Waals surface area contributed by atoms with Crippen molar-refractivity contribution >= 4 is 11.7 Å². The number of nitro benzene ring substituents is 1. The van der Waals surface area contributed by atoms with Crippen LogP contribution in [0.4, 0.5) is 5.69 Å². The van der Waals surface area contributed by atoms with Gasteiger partial charge in [-0.3, -0.25) is 15.0 Å². The van der Waals surface area contributed by atoms with E-state index in [9.17, 15) is 14.9 Å². The number of nitrogens with zero attached hydrogens (tertiary/aromatic N) is 2. The number of rotatable bonds is 5. The first-order valence-electron chi connectivity index (χ1n) is 6.66. The molecule has 1 atom stereocenters. The van der Waals surface area contributed by atoms with E-state index in [0.29, 0.717) is 6.54 Å². The molecule has 1 heterocycles. The minimum atomic E-state index is -0.695. The molecule has 1 saturated heterocycles. The summed E-state index contributed by atoms with van der Waals surface area (Å²) in [6.45, 7) is 2.35. The van der Waals surface area contributed by atoms with Crippen molar-refractivity contribution in [1.82, 2.24) is 4.90 Å². The lowest BCUT2D eigenvalue weighted by atomic mass is 10.1. The highest BCUT2D eigenvalue weighted by Crippen LogP contribution is 2.23. The van der Waals surface area contributed by atoms with Crippen LogP contribution in [0, 0.1) is 10.1 Å². The predicted octanol–water partition coefficient (Wildman–Crippen LogP) is 1.60. The number of nitro groups is 1. The van der Waals surface area contributed by atoms with Crippen LogP contribution in [0.2, 0.25) is 0 Å². The number of esters is 1. The van der Waals surface area contributed by atoms with E-state index in [1.165, 1.54) is 19.2 Å². The smallest absolute Gasteiger partial charge is 0.344 e. The normalized spacial score (nSPS) is 18.7. The second-order valence-electron chi connectivity index (χ2n) is 4.98. The largest absolute Gasteiger partial charge is 0.465 e. The first-order chi connectivity index (χ1) is 10.0. The van der Waals surface area contributed by atoms with Crippen LogP contribution in [-0.2, 0) is 16.0 Å². The molecule has 2 rings (SSSR count). The molecule has 1 aliphatic heterocycles. The van der Waals surface area contributed by atoms with Gasteiger partial charge >= 0.3 is 5.97 Å². The summed E-state index contributed by atoms with van der Waals surface area (Å²) in [5.41, 5.74) is 0.599. The fourth-order valence-electron chi connectivity index (χ4n) is 2.51. The van der Waals surface area contributed by atoms with Gasteiger partial charge in [0.05, 0.1) is 18.1 Å². The Morgan fingerprint density at radius 3 is 2.81 bits per heavy atom. The monoisotopic (exact) mass is 294 g/mol. The summed E-state index contributed by atoms with van der Waals surface area (Å²) in [5, 5.41) is 11.0. The number of benzene rings is 1. The summed E-state index contributed by atoms with van der Waals surface area (Å²) in [6, 6.07) is 4.56. The predicted molar refractivity (Wildman–Crippen MR) is 75.1 cm³/mol. The minimum Gasteiger partial charge on any atom is -0.465 e. The second kappa shape index (κ2) is 6.64. The van der Waals surface area contributed by atoms with E-state index in [0.717, 1.165) is 25.1 Å². The van der Waals surface area contributed by atoms with Gasteiger partial charge in [-0.2, -0.15) is 0 Å². The van der Waals surface area contributed by atoms with E-state index in [4.69, 9.17) is 4.74 Å². The van der Waals surface area contributed by atoms with Crippen LogP contribution in [0.5, 0.6) is 0 Å². The second-order valence-corrected chi connectivity index (χ2v) is 4.98. The molecule has 7 heteroatoms. The Hall–Kier alpha value is -1.99. The van der Waals surface area contributed by atoms with Crippen molar-refractivity contribution in [3.05, 3.63) is 39.4 Å². The topological polar surface area (TPSA) is 81.9 Å².